The van der Waals surface area contributed by atoms with Crippen molar-refractivity contribution in [1.82, 2.24) is 15.0 Å². The topological polar surface area (TPSA) is 86.1 Å². The Labute approximate surface area is 172 Å². The number of ether oxygens (including phenoxy) is 1. The molecule has 1 amide bonds. The number of benzene rings is 1. The van der Waals surface area contributed by atoms with Crippen LogP contribution in [-0.2, 0) is 17.6 Å². The quantitative estimate of drug-likeness (QED) is 0.692. The van der Waals surface area contributed by atoms with Gasteiger partial charge < -0.3 is 10.1 Å². The minimum Gasteiger partial charge on any atom is -0.494 e. The number of fused-ring (bicyclic) bond motifs is 3. The van der Waals surface area contributed by atoms with E-state index in [4.69, 9.17) is 4.74 Å². The molecule has 0 aliphatic heterocycles. The number of hydrogen-bond donors (Lipinski definition) is 1. The second-order valence-corrected chi connectivity index (χ2v) is 8.58. The van der Waals surface area contributed by atoms with E-state index in [1.807, 2.05) is 6.92 Å². The molecule has 0 fully saturated rings. The predicted octanol–water partition coefficient (Wildman–Crippen LogP) is 3.58. The number of hydrogen-bond acceptors (Lipinski definition) is 6. The highest BCUT2D eigenvalue weighted by atomic mass is 32.1. The number of anilines is 1. The number of aromatic nitrogens is 3. The molecule has 0 radical (unpaired) electrons. The van der Waals surface area contributed by atoms with Crippen molar-refractivity contribution in [2.75, 3.05) is 11.9 Å². The molecule has 0 unspecified atom stereocenters. The van der Waals surface area contributed by atoms with Crippen LogP contribution in [0.4, 0.5) is 5.69 Å². The number of rotatable bonds is 5. The first-order valence-corrected chi connectivity index (χ1v) is 10.7. The van der Waals surface area contributed by atoms with Gasteiger partial charge in [0.25, 0.3) is 5.56 Å². The van der Waals surface area contributed by atoms with Crippen LogP contribution in [0, 0.1) is 5.92 Å². The first kappa shape index (κ1) is 19.6. The molecule has 2 heterocycles. The summed E-state index contributed by atoms with van der Waals surface area (Å²) in [6.45, 7) is 6.38. The van der Waals surface area contributed by atoms with Gasteiger partial charge in [-0.25, -0.2) is 0 Å². The molecule has 1 aliphatic rings. The fourth-order valence-corrected chi connectivity index (χ4v) is 5.00. The first-order chi connectivity index (χ1) is 14.0. The van der Waals surface area contributed by atoms with E-state index in [2.05, 4.69) is 22.6 Å². The lowest BCUT2D eigenvalue weighted by Crippen LogP contribution is -2.34. The molecule has 7 nitrogen and oxygen atoms in total. The standard InChI is InChI=1S/C21H24N4O3S/c1-4-28-15-8-6-14(7-9-15)22-19(26)13(3)25-21(27)18-16-10-5-12(2)11-17(16)29-20(18)23-24-25/h6-9,12-13H,4-5,10-11H2,1-3H3,(H,22,26)/t12-,13+/m1/s1. The van der Waals surface area contributed by atoms with Crippen LogP contribution < -0.4 is 15.6 Å². The number of thiophene rings is 1. The molecule has 0 bridgehead atoms. The van der Waals surface area contributed by atoms with E-state index >= 15 is 0 Å². The lowest BCUT2D eigenvalue weighted by Gasteiger charge is -2.17. The van der Waals surface area contributed by atoms with Crippen molar-refractivity contribution < 1.29 is 9.53 Å². The molecule has 1 N–H and O–H groups in total. The number of nitrogens with one attached hydrogen (secondary N) is 1. The summed E-state index contributed by atoms with van der Waals surface area (Å²) >= 11 is 1.55. The zero-order chi connectivity index (χ0) is 20.5. The molecular weight excluding hydrogens is 388 g/mol. The van der Waals surface area contributed by atoms with Crippen molar-refractivity contribution in [1.29, 1.82) is 0 Å². The Balaban J connectivity index is 1.59. The second-order valence-electron chi connectivity index (χ2n) is 7.49. The van der Waals surface area contributed by atoms with Crippen LogP contribution in [0.3, 0.4) is 0 Å². The molecule has 0 saturated carbocycles. The van der Waals surface area contributed by atoms with Crippen LogP contribution in [-0.4, -0.2) is 27.5 Å². The maximum absolute atomic E-state index is 13.1. The van der Waals surface area contributed by atoms with E-state index < -0.39 is 6.04 Å². The molecule has 8 heteroatoms. The monoisotopic (exact) mass is 412 g/mol. The summed E-state index contributed by atoms with van der Waals surface area (Å²) in [7, 11) is 0. The Bertz CT molecular complexity index is 1100. The summed E-state index contributed by atoms with van der Waals surface area (Å²) in [6, 6.07) is 6.35. The number of amides is 1. The zero-order valence-corrected chi connectivity index (χ0v) is 17.6. The average Bonchev–Trinajstić information content (AvgIpc) is 3.07. The number of nitrogens with zero attached hydrogens (tertiary/aromatic N) is 3. The molecule has 0 spiro atoms. The van der Waals surface area contributed by atoms with Crippen molar-refractivity contribution >= 4 is 33.1 Å². The van der Waals surface area contributed by atoms with Crippen LogP contribution in [0.15, 0.2) is 29.1 Å². The van der Waals surface area contributed by atoms with Gasteiger partial charge in [-0.3, -0.25) is 9.59 Å². The van der Waals surface area contributed by atoms with Crippen molar-refractivity contribution in [3.63, 3.8) is 0 Å². The van der Waals surface area contributed by atoms with Gasteiger partial charge in [0.05, 0.1) is 12.0 Å². The van der Waals surface area contributed by atoms with E-state index in [0.29, 0.717) is 28.4 Å². The van der Waals surface area contributed by atoms with E-state index in [0.717, 1.165) is 30.6 Å². The third-order valence-corrected chi connectivity index (χ3v) is 6.46. The summed E-state index contributed by atoms with van der Waals surface area (Å²) in [5, 5.41) is 11.8. The Morgan fingerprint density at radius 1 is 1.38 bits per heavy atom. The molecule has 0 saturated heterocycles. The molecule has 29 heavy (non-hydrogen) atoms. The van der Waals surface area contributed by atoms with Crippen molar-refractivity contribution in [2.24, 2.45) is 5.92 Å². The average molecular weight is 413 g/mol. The van der Waals surface area contributed by atoms with Crippen LogP contribution in [0.25, 0.3) is 10.2 Å². The molecule has 152 valence electrons. The van der Waals surface area contributed by atoms with Gasteiger partial charge in [-0.2, -0.15) is 4.68 Å². The summed E-state index contributed by atoms with van der Waals surface area (Å²) in [6.07, 6.45) is 2.92. The van der Waals surface area contributed by atoms with Crippen molar-refractivity contribution in [2.45, 2.75) is 46.1 Å². The van der Waals surface area contributed by atoms with E-state index in [1.165, 1.54) is 9.56 Å². The van der Waals surface area contributed by atoms with Gasteiger partial charge in [-0.1, -0.05) is 12.1 Å². The minimum atomic E-state index is -0.774. The van der Waals surface area contributed by atoms with Gasteiger partial charge in [0.15, 0.2) is 4.83 Å². The van der Waals surface area contributed by atoms with Crippen LogP contribution in [0.5, 0.6) is 5.75 Å². The third-order valence-electron chi connectivity index (χ3n) is 5.33. The molecule has 2 aromatic heterocycles. The van der Waals surface area contributed by atoms with Crippen LogP contribution >= 0.6 is 11.3 Å². The van der Waals surface area contributed by atoms with Gasteiger partial charge in [0.1, 0.15) is 11.8 Å². The van der Waals surface area contributed by atoms with E-state index in [-0.39, 0.29) is 11.5 Å². The largest absolute Gasteiger partial charge is 0.494 e. The predicted molar refractivity (Wildman–Crippen MR) is 114 cm³/mol. The summed E-state index contributed by atoms with van der Waals surface area (Å²) < 4.78 is 6.60. The van der Waals surface area contributed by atoms with E-state index in [1.54, 1.807) is 42.5 Å². The minimum absolute atomic E-state index is 0.239. The Kier molecular flexibility index (Phi) is 5.36. The fraction of sp³-hybridized carbons (Fsp3) is 0.429. The Morgan fingerprint density at radius 3 is 2.86 bits per heavy atom. The van der Waals surface area contributed by atoms with Gasteiger partial charge >= 0.3 is 0 Å². The van der Waals surface area contributed by atoms with Crippen molar-refractivity contribution in [3.8, 4) is 5.75 Å². The normalized spacial score (nSPS) is 17.0. The molecular formula is C21H24N4O3S. The molecule has 2 atom stereocenters. The van der Waals surface area contributed by atoms with Gasteiger partial charge in [-0.05, 0) is 68.9 Å². The van der Waals surface area contributed by atoms with Gasteiger partial charge in [-0.15, -0.1) is 16.4 Å². The highest BCUT2D eigenvalue weighted by molar-refractivity contribution is 7.18. The maximum atomic E-state index is 13.1. The van der Waals surface area contributed by atoms with Gasteiger partial charge in [0, 0.05) is 10.6 Å². The van der Waals surface area contributed by atoms with Crippen LogP contribution in [0.1, 0.15) is 43.7 Å². The summed E-state index contributed by atoms with van der Waals surface area (Å²) in [4.78, 5) is 27.7. The number of carbonyl (C=O) groups is 1. The maximum Gasteiger partial charge on any atom is 0.279 e. The second kappa shape index (κ2) is 7.94. The zero-order valence-electron chi connectivity index (χ0n) is 16.8. The highest BCUT2D eigenvalue weighted by Gasteiger charge is 2.26. The molecule has 1 aromatic carbocycles. The molecule has 3 aromatic rings. The SMILES string of the molecule is CCOc1ccc(NC(=O)[C@H](C)n2nnc3sc4c(c3c2=O)CC[C@@H](C)C4)cc1. The third kappa shape index (κ3) is 3.76. The fourth-order valence-electron chi connectivity index (χ4n) is 3.68. The first-order valence-electron chi connectivity index (χ1n) is 9.91. The van der Waals surface area contributed by atoms with Crippen LogP contribution in [0.2, 0.25) is 0 Å². The van der Waals surface area contributed by atoms with Gasteiger partial charge in [0.2, 0.25) is 5.91 Å². The van der Waals surface area contributed by atoms with Crippen molar-refractivity contribution in [3.05, 3.63) is 45.1 Å². The molecule has 1 aliphatic carbocycles. The Morgan fingerprint density at radius 2 is 2.14 bits per heavy atom. The summed E-state index contributed by atoms with van der Waals surface area (Å²) in [5.41, 5.74) is 1.49. The Hall–Kier alpha value is -2.74. The molecule has 4 rings (SSSR count). The van der Waals surface area contributed by atoms with E-state index in [9.17, 15) is 9.59 Å². The smallest absolute Gasteiger partial charge is 0.279 e. The highest BCUT2D eigenvalue weighted by Crippen LogP contribution is 2.35. The lowest BCUT2D eigenvalue weighted by molar-refractivity contribution is -0.119. The number of carbonyl (C=O) groups excluding carboxylic acids is 1. The summed E-state index contributed by atoms with van der Waals surface area (Å²) in [5.74, 6) is 1.04. The number of aryl methyl sites for hydroxylation is 1. The lowest BCUT2D eigenvalue weighted by atomic mass is 9.89.